The second kappa shape index (κ2) is 1.36. The van der Waals surface area contributed by atoms with Crippen LogP contribution in [0.1, 0.15) is 0 Å². The van der Waals surface area contributed by atoms with Gasteiger partial charge in [0.25, 0.3) is 0 Å². The molecule has 2 aliphatic heterocycles. The molecule has 4 heteroatoms. The highest BCUT2D eigenvalue weighted by Crippen LogP contribution is 2.49. The first-order chi connectivity index (χ1) is 4.79. The van der Waals surface area contributed by atoms with Crippen molar-refractivity contribution in [3.8, 4) is 0 Å². The molecule has 56 valence electrons. The Balaban J connectivity index is 1.88. The second-order valence-corrected chi connectivity index (χ2v) is 3.02. The number of epoxide rings is 2. The monoisotopic (exact) mass is 148 g/mol. The maximum Gasteiger partial charge on any atom is 0.157 e. The molecule has 1 saturated carbocycles. The van der Waals surface area contributed by atoms with E-state index in [1.807, 2.05) is 0 Å². The van der Waals surface area contributed by atoms with Crippen LogP contribution < -0.4 is 0 Å². The molecular formula is C6H6F2O2. The van der Waals surface area contributed by atoms with E-state index in [-0.39, 0.29) is 0 Å². The van der Waals surface area contributed by atoms with Crippen LogP contribution in [0.5, 0.6) is 0 Å². The summed E-state index contributed by atoms with van der Waals surface area (Å²) in [6.07, 6.45) is -4.17. The fourth-order valence-electron chi connectivity index (χ4n) is 1.67. The highest BCUT2D eigenvalue weighted by Gasteiger charge is 2.69. The standard InChI is InChI=1S/C6H6F2O2/c7-1-3-5(9-3)2(8)6-4(1)10-6/h1-6H. The van der Waals surface area contributed by atoms with Crippen LogP contribution in [-0.4, -0.2) is 36.8 Å². The van der Waals surface area contributed by atoms with Gasteiger partial charge in [-0.3, -0.25) is 0 Å². The molecule has 3 fully saturated rings. The normalized spacial score (nSPS) is 70.2. The number of fused-ring (bicyclic) bond motifs is 2. The van der Waals surface area contributed by atoms with Crippen molar-refractivity contribution >= 4 is 0 Å². The van der Waals surface area contributed by atoms with Gasteiger partial charge in [-0.1, -0.05) is 0 Å². The van der Waals surface area contributed by atoms with Gasteiger partial charge >= 0.3 is 0 Å². The van der Waals surface area contributed by atoms with E-state index in [2.05, 4.69) is 0 Å². The molecule has 2 heterocycles. The fraction of sp³-hybridized carbons (Fsp3) is 1.00. The Morgan fingerprint density at radius 3 is 1.30 bits per heavy atom. The number of hydrogen-bond donors (Lipinski definition) is 0. The molecule has 2 saturated heterocycles. The highest BCUT2D eigenvalue weighted by atomic mass is 19.1. The summed E-state index contributed by atoms with van der Waals surface area (Å²) >= 11 is 0. The van der Waals surface area contributed by atoms with E-state index in [4.69, 9.17) is 9.47 Å². The molecule has 0 aromatic rings. The third-order valence-electron chi connectivity index (χ3n) is 2.38. The van der Waals surface area contributed by atoms with E-state index in [0.29, 0.717) is 0 Å². The zero-order valence-electron chi connectivity index (χ0n) is 5.04. The Morgan fingerprint density at radius 2 is 1.00 bits per heavy atom. The maximum absolute atomic E-state index is 12.8. The van der Waals surface area contributed by atoms with Crippen LogP contribution in [0.3, 0.4) is 0 Å². The van der Waals surface area contributed by atoms with Gasteiger partial charge in [-0.05, 0) is 0 Å². The van der Waals surface area contributed by atoms with Crippen molar-refractivity contribution < 1.29 is 18.3 Å². The summed E-state index contributed by atoms with van der Waals surface area (Å²) < 4.78 is 35.2. The number of ether oxygens (including phenoxy) is 2. The predicted octanol–water partition coefficient (Wildman–Crippen LogP) is 0.211. The summed E-state index contributed by atoms with van der Waals surface area (Å²) in [6.45, 7) is 0. The van der Waals surface area contributed by atoms with E-state index >= 15 is 0 Å². The predicted molar refractivity (Wildman–Crippen MR) is 27.1 cm³/mol. The Kier molecular flexibility index (Phi) is 0.738. The Bertz CT molecular complexity index is 151. The van der Waals surface area contributed by atoms with E-state index < -0.39 is 36.8 Å². The van der Waals surface area contributed by atoms with Crippen LogP contribution in [0.25, 0.3) is 0 Å². The van der Waals surface area contributed by atoms with Crippen molar-refractivity contribution in [2.24, 2.45) is 0 Å². The first kappa shape index (κ1) is 5.43. The lowest BCUT2D eigenvalue weighted by molar-refractivity contribution is 0.177. The van der Waals surface area contributed by atoms with Crippen molar-refractivity contribution in [1.82, 2.24) is 0 Å². The quantitative estimate of drug-likeness (QED) is 0.459. The van der Waals surface area contributed by atoms with Crippen molar-refractivity contribution in [3.63, 3.8) is 0 Å². The molecule has 0 bridgehead atoms. The fourth-order valence-corrected chi connectivity index (χ4v) is 1.67. The minimum Gasteiger partial charge on any atom is -0.363 e. The van der Waals surface area contributed by atoms with Gasteiger partial charge in [-0.2, -0.15) is 0 Å². The van der Waals surface area contributed by atoms with Crippen LogP contribution in [0, 0.1) is 0 Å². The Hall–Kier alpha value is -0.220. The van der Waals surface area contributed by atoms with Crippen LogP contribution >= 0.6 is 0 Å². The molecule has 0 aromatic heterocycles. The van der Waals surface area contributed by atoms with Gasteiger partial charge in [0.15, 0.2) is 12.3 Å². The van der Waals surface area contributed by atoms with Gasteiger partial charge < -0.3 is 9.47 Å². The van der Waals surface area contributed by atoms with Crippen LogP contribution in [-0.2, 0) is 9.47 Å². The minimum atomic E-state index is -1.08. The van der Waals surface area contributed by atoms with E-state index in [1.165, 1.54) is 0 Å². The highest BCUT2D eigenvalue weighted by molar-refractivity contribution is 5.15. The zero-order chi connectivity index (χ0) is 6.88. The number of halogens is 2. The Morgan fingerprint density at radius 1 is 0.700 bits per heavy atom. The SMILES string of the molecule is FC1C2OC2C(F)C2OC12. The summed E-state index contributed by atoms with van der Waals surface area (Å²) in [4.78, 5) is 0. The lowest BCUT2D eigenvalue weighted by Crippen LogP contribution is -2.33. The molecule has 0 spiro atoms. The van der Waals surface area contributed by atoms with E-state index in [9.17, 15) is 8.78 Å². The van der Waals surface area contributed by atoms with Crippen molar-refractivity contribution in [3.05, 3.63) is 0 Å². The third-order valence-corrected chi connectivity index (χ3v) is 2.38. The van der Waals surface area contributed by atoms with Gasteiger partial charge in [0.05, 0.1) is 0 Å². The average molecular weight is 148 g/mol. The molecule has 3 rings (SSSR count). The van der Waals surface area contributed by atoms with Crippen LogP contribution in [0.4, 0.5) is 8.78 Å². The largest absolute Gasteiger partial charge is 0.363 e. The van der Waals surface area contributed by atoms with Gasteiger partial charge in [-0.25, -0.2) is 8.78 Å². The molecule has 10 heavy (non-hydrogen) atoms. The first-order valence-electron chi connectivity index (χ1n) is 3.38. The zero-order valence-corrected chi connectivity index (χ0v) is 5.04. The van der Waals surface area contributed by atoms with E-state index in [1.54, 1.807) is 0 Å². The van der Waals surface area contributed by atoms with E-state index in [0.717, 1.165) is 0 Å². The van der Waals surface area contributed by atoms with Crippen molar-refractivity contribution in [2.45, 2.75) is 36.8 Å². The van der Waals surface area contributed by atoms with Crippen molar-refractivity contribution in [2.75, 3.05) is 0 Å². The summed E-state index contributed by atoms with van der Waals surface area (Å²) in [5.74, 6) is 0. The smallest absolute Gasteiger partial charge is 0.157 e. The molecule has 1 aliphatic carbocycles. The lowest BCUT2D eigenvalue weighted by atomic mass is 9.97. The third kappa shape index (κ3) is 0.463. The van der Waals surface area contributed by atoms with Gasteiger partial charge in [0.2, 0.25) is 0 Å². The molecule has 0 radical (unpaired) electrons. The topological polar surface area (TPSA) is 25.1 Å². The first-order valence-corrected chi connectivity index (χ1v) is 3.38. The van der Waals surface area contributed by atoms with Gasteiger partial charge in [0.1, 0.15) is 24.4 Å². The number of alkyl halides is 2. The Labute approximate surface area is 56.1 Å². The molecule has 0 N–H and O–H groups in total. The van der Waals surface area contributed by atoms with Crippen LogP contribution in [0.2, 0.25) is 0 Å². The summed E-state index contributed by atoms with van der Waals surface area (Å²) in [5, 5.41) is 0. The molecule has 4 unspecified atom stereocenters. The average Bonchev–Trinajstić information content (AvgIpc) is 2.77. The molecule has 0 aromatic carbocycles. The minimum absolute atomic E-state index is 0.501. The molecule has 2 nitrogen and oxygen atoms in total. The number of hydrogen-bond acceptors (Lipinski definition) is 2. The van der Waals surface area contributed by atoms with Crippen molar-refractivity contribution in [1.29, 1.82) is 0 Å². The summed E-state index contributed by atoms with van der Waals surface area (Å²) in [6, 6.07) is 0. The lowest BCUT2D eigenvalue weighted by Gasteiger charge is -2.07. The van der Waals surface area contributed by atoms with Crippen LogP contribution in [0.15, 0.2) is 0 Å². The molecule has 0 amide bonds. The van der Waals surface area contributed by atoms with Gasteiger partial charge in [-0.15, -0.1) is 0 Å². The van der Waals surface area contributed by atoms with Gasteiger partial charge in [0, 0.05) is 0 Å². The maximum atomic E-state index is 12.8. The molecular weight excluding hydrogens is 142 g/mol. The summed E-state index contributed by atoms with van der Waals surface area (Å²) in [5.41, 5.74) is 0. The second-order valence-electron chi connectivity index (χ2n) is 3.02. The number of rotatable bonds is 0. The molecule has 3 aliphatic rings. The molecule has 4 atom stereocenters. The summed E-state index contributed by atoms with van der Waals surface area (Å²) in [7, 11) is 0.